The molecule has 0 spiro atoms. The van der Waals surface area contributed by atoms with E-state index in [-0.39, 0.29) is 11.8 Å². The summed E-state index contributed by atoms with van der Waals surface area (Å²) >= 11 is 2.82. The Hall–Kier alpha value is -2.51. The molecular weight excluding hydrogens is 318 g/mol. The molecule has 3 aromatic rings. The molecular formula is C15H11N3O2S2. The van der Waals surface area contributed by atoms with Gasteiger partial charge in [-0.1, -0.05) is 0 Å². The highest BCUT2D eigenvalue weighted by Crippen LogP contribution is 2.15. The topological polar surface area (TPSA) is 71.1 Å². The Morgan fingerprint density at radius 1 is 0.909 bits per heavy atom. The summed E-state index contributed by atoms with van der Waals surface area (Å²) in [5.74, 6) is -0.396. The molecule has 0 aliphatic rings. The van der Waals surface area contributed by atoms with Crippen molar-refractivity contribution in [3.8, 4) is 0 Å². The summed E-state index contributed by atoms with van der Waals surface area (Å²) in [6, 6.07) is 8.47. The van der Waals surface area contributed by atoms with E-state index in [1.165, 1.54) is 22.7 Å². The zero-order chi connectivity index (χ0) is 15.4. The van der Waals surface area contributed by atoms with E-state index >= 15 is 0 Å². The number of benzene rings is 1. The molecule has 7 heteroatoms. The van der Waals surface area contributed by atoms with Crippen molar-refractivity contribution in [2.45, 2.75) is 0 Å². The van der Waals surface area contributed by atoms with Crippen molar-refractivity contribution in [2.75, 3.05) is 10.6 Å². The zero-order valence-electron chi connectivity index (χ0n) is 11.3. The van der Waals surface area contributed by atoms with Gasteiger partial charge in [-0.25, -0.2) is 4.98 Å². The quantitative estimate of drug-likeness (QED) is 0.766. The third kappa shape index (κ3) is 3.38. The maximum Gasteiger partial charge on any atom is 0.257 e. The number of thiophene rings is 1. The number of thiazole rings is 1. The Morgan fingerprint density at radius 2 is 1.68 bits per heavy atom. The molecule has 3 rings (SSSR count). The fourth-order valence-corrected chi connectivity index (χ4v) is 2.92. The Balaban J connectivity index is 1.65. The lowest BCUT2D eigenvalue weighted by atomic mass is 10.2. The number of nitrogens with one attached hydrogen (secondary N) is 2. The normalized spacial score (nSPS) is 10.2. The molecule has 0 saturated carbocycles. The van der Waals surface area contributed by atoms with Crippen LogP contribution in [0.15, 0.2) is 52.7 Å². The van der Waals surface area contributed by atoms with Gasteiger partial charge in [0, 0.05) is 28.2 Å². The van der Waals surface area contributed by atoms with Gasteiger partial charge in [-0.2, -0.15) is 11.3 Å². The van der Waals surface area contributed by atoms with Crippen LogP contribution in [0.3, 0.4) is 0 Å². The minimum Gasteiger partial charge on any atom is -0.322 e. The van der Waals surface area contributed by atoms with Crippen molar-refractivity contribution in [1.29, 1.82) is 0 Å². The lowest BCUT2D eigenvalue weighted by molar-refractivity contribution is 0.102. The van der Waals surface area contributed by atoms with Crippen molar-refractivity contribution < 1.29 is 9.59 Å². The lowest BCUT2D eigenvalue weighted by Crippen LogP contribution is -2.13. The molecule has 110 valence electrons. The molecule has 5 nitrogen and oxygen atoms in total. The third-order valence-corrected chi connectivity index (χ3v) is 4.21. The second-order valence-electron chi connectivity index (χ2n) is 4.33. The first kappa shape index (κ1) is 14.4. The van der Waals surface area contributed by atoms with Gasteiger partial charge in [-0.3, -0.25) is 14.9 Å². The summed E-state index contributed by atoms with van der Waals surface area (Å²) < 4.78 is 0. The predicted molar refractivity (Wildman–Crippen MR) is 88.8 cm³/mol. The van der Waals surface area contributed by atoms with Crippen LogP contribution in [0.5, 0.6) is 0 Å². The van der Waals surface area contributed by atoms with Crippen molar-refractivity contribution in [3.05, 3.63) is 63.8 Å². The molecule has 0 bridgehead atoms. The Labute approximate surface area is 134 Å². The van der Waals surface area contributed by atoms with E-state index in [9.17, 15) is 9.59 Å². The van der Waals surface area contributed by atoms with Crippen LogP contribution in [0.25, 0.3) is 0 Å². The van der Waals surface area contributed by atoms with Gasteiger partial charge in [-0.15, -0.1) is 11.3 Å². The van der Waals surface area contributed by atoms with E-state index in [0.717, 1.165) is 0 Å². The van der Waals surface area contributed by atoms with Gasteiger partial charge in [0.2, 0.25) is 0 Å². The van der Waals surface area contributed by atoms with Gasteiger partial charge in [0.25, 0.3) is 11.8 Å². The first-order valence-electron chi connectivity index (χ1n) is 6.37. The standard InChI is InChI=1S/C15H11N3O2S2/c19-13(18-15-16-6-8-22-15)10-1-3-12(4-2-10)17-14(20)11-5-7-21-9-11/h1-9H,(H,17,20)(H,16,18,19). The van der Waals surface area contributed by atoms with Crippen molar-refractivity contribution in [2.24, 2.45) is 0 Å². The Bertz CT molecular complexity index is 766. The second-order valence-corrected chi connectivity index (χ2v) is 6.01. The monoisotopic (exact) mass is 329 g/mol. The number of nitrogens with zero attached hydrogens (tertiary/aromatic N) is 1. The van der Waals surface area contributed by atoms with Gasteiger partial charge in [0.1, 0.15) is 0 Å². The molecule has 0 fully saturated rings. The smallest absolute Gasteiger partial charge is 0.257 e. The average Bonchev–Trinajstić information content (AvgIpc) is 3.21. The Morgan fingerprint density at radius 3 is 2.32 bits per heavy atom. The number of rotatable bonds is 4. The van der Waals surface area contributed by atoms with Crippen LogP contribution in [0, 0.1) is 0 Å². The number of aromatic nitrogens is 1. The molecule has 0 saturated heterocycles. The molecule has 2 N–H and O–H groups in total. The first-order chi connectivity index (χ1) is 10.7. The molecule has 0 unspecified atom stereocenters. The fourth-order valence-electron chi connectivity index (χ4n) is 1.76. The van der Waals surface area contributed by atoms with Crippen LogP contribution in [-0.2, 0) is 0 Å². The van der Waals surface area contributed by atoms with Crippen LogP contribution >= 0.6 is 22.7 Å². The summed E-state index contributed by atoms with van der Waals surface area (Å²) in [5, 5.41) is 11.5. The lowest BCUT2D eigenvalue weighted by Gasteiger charge is -2.05. The van der Waals surface area contributed by atoms with E-state index < -0.39 is 0 Å². The molecule has 0 radical (unpaired) electrons. The number of amides is 2. The maximum atomic E-state index is 12.0. The molecule has 2 amide bonds. The van der Waals surface area contributed by atoms with E-state index in [1.807, 2.05) is 5.38 Å². The van der Waals surface area contributed by atoms with Gasteiger partial charge < -0.3 is 5.32 Å². The minimum absolute atomic E-state index is 0.166. The highest BCUT2D eigenvalue weighted by molar-refractivity contribution is 7.13. The van der Waals surface area contributed by atoms with E-state index in [4.69, 9.17) is 0 Å². The van der Waals surface area contributed by atoms with Crippen LogP contribution in [0.2, 0.25) is 0 Å². The largest absolute Gasteiger partial charge is 0.322 e. The highest BCUT2D eigenvalue weighted by atomic mass is 32.1. The fraction of sp³-hybridized carbons (Fsp3) is 0. The van der Waals surface area contributed by atoms with Gasteiger partial charge in [0.05, 0.1) is 5.56 Å². The summed E-state index contributed by atoms with van der Waals surface area (Å²) in [4.78, 5) is 27.9. The molecule has 2 aromatic heterocycles. The molecule has 0 aliphatic heterocycles. The van der Waals surface area contributed by atoms with Crippen LogP contribution in [-0.4, -0.2) is 16.8 Å². The van der Waals surface area contributed by atoms with Gasteiger partial charge >= 0.3 is 0 Å². The van der Waals surface area contributed by atoms with Gasteiger partial charge in [-0.05, 0) is 35.7 Å². The zero-order valence-corrected chi connectivity index (χ0v) is 12.9. The molecule has 1 aromatic carbocycles. The van der Waals surface area contributed by atoms with Crippen molar-refractivity contribution in [1.82, 2.24) is 4.98 Å². The summed E-state index contributed by atoms with van der Waals surface area (Å²) in [5.41, 5.74) is 1.77. The third-order valence-electron chi connectivity index (χ3n) is 2.84. The highest BCUT2D eigenvalue weighted by Gasteiger charge is 2.09. The summed E-state index contributed by atoms with van der Waals surface area (Å²) in [6.07, 6.45) is 1.63. The Kier molecular flexibility index (Phi) is 4.27. The van der Waals surface area contributed by atoms with E-state index in [0.29, 0.717) is 21.9 Å². The number of anilines is 2. The van der Waals surface area contributed by atoms with Crippen LogP contribution in [0.4, 0.5) is 10.8 Å². The SMILES string of the molecule is O=C(Nc1ccc(C(=O)Nc2nccs2)cc1)c1ccsc1. The van der Waals surface area contributed by atoms with Crippen molar-refractivity contribution >= 4 is 45.3 Å². The van der Waals surface area contributed by atoms with E-state index in [1.54, 1.807) is 47.3 Å². The number of hydrogen-bond acceptors (Lipinski definition) is 5. The maximum absolute atomic E-state index is 12.0. The molecule has 2 heterocycles. The predicted octanol–water partition coefficient (Wildman–Crippen LogP) is 3.71. The molecule has 22 heavy (non-hydrogen) atoms. The van der Waals surface area contributed by atoms with Crippen molar-refractivity contribution in [3.63, 3.8) is 0 Å². The molecule has 0 atom stereocenters. The number of carbonyl (C=O) groups is 2. The second kappa shape index (κ2) is 6.50. The van der Waals surface area contributed by atoms with Crippen LogP contribution < -0.4 is 10.6 Å². The molecule has 0 aliphatic carbocycles. The van der Waals surface area contributed by atoms with E-state index in [2.05, 4.69) is 15.6 Å². The van der Waals surface area contributed by atoms with Crippen LogP contribution in [0.1, 0.15) is 20.7 Å². The number of hydrogen-bond donors (Lipinski definition) is 2. The average molecular weight is 329 g/mol. The minimum atomic E-state index is -0.231. The number of carbonyl (C=O) groups excluding carboxylic acids is 2. The summed E-state index contributed by atoms with van der Waals surface area (Å²) in [6.45, 7) is 0. The van der Waals surface area contributed by atoms with Gasteiger partial charge in [0.15, 0.2) is 5.13 Å². The first-order valence-corrected chi connectivity index (χ1v) is 8.19. The summed E-state index contributed by atoms with van der Waals surface area (Å²) in [7, 11) is 0.